The molecule has 0 saturated carbocycles. The van der Waals surface area contributed by atoms with Gasteiger partial charge in [0.05, 0.1) is 0 Å². The summed E-state index contributed by atoms with van der Waals surface area (Å²) < 4.78 is 54.9. The molecule has 0 heterocycles. The Morgan fingerprint density at radius 3 is 2.06 bits per heavy atom. The predicted octanol–water partition coefficient (Wildman–Crippen LogP) is 8.43. The summed E-state index contributed by atoms with van der Waals surface area (Å²) in [5, 5.41) is 4.39. The van der Waals surface area contributed by atoms with Crippen LogP contribution in [0.4, 0.5) is 17.6 Å². The highest BCUT2D eigenvalue weighted by atomic mass is 19.4. The van der Waals surface area contributed by atoms with E-state index in [1.165, 1.54) is 36.3 Å². The van der Waals surface area contributed by atoms with E-state index in [1.807, 2.05) is 24.3 Å². The number of alkyl halides is 3. The molecule has 31 heavy (non-hydrogen) atoms. The molecule has 0 unspecified atom stereocenters. The number of fused-ring (bicyclic) bond motifs is 3. The fraction of sp³-hybridized carbons (Fsp3) is 0.231. The lowest BCUT2D eigenvalue weighted by atomic mass is 9.95. The first-order chi connectivity index (χ1) is 14.8. The van der Waals surface area contributed by atoms with Gasteiger partial charge in [-0.25, -0.2) is 4.39 Å². The minimum atomic E-state index is -4.93. The lowest BCUT2D eigenvalue weighted by molar-refractivity contribution is -0.275. The van der Waals surface area contributed by atoms with E-state index < -0.39 is 17.9 Å². The molecule has 0 fully saturated rings. The average Bonchev–Trinajstić information content (AvgIpc) is 2.74. The Morgan fingerprint density at radius 2 is 1.39 bits per heavy atom. The van der Waals surface area contributed by atoms with Crippen molar-refractivity contribution >= 4 is 21.5 Å². The highest BCUT2D eigenvalue weighted by Gasteiger charge is 2.32. The quantitative estimate of drug-likeness (QED) is 0.171. The molecule has 160 valence electrons. The number of aryl methyl sites for hydroxylation is 1. The molecule has 0 aliphatic carbocycles. The first kappa shape index (κ1) is 21.2. The zero-order valence-corrected chi connectivity index (χ0v) is 17.1. The summed E-state index contributed by atoms with van der Waals surface area (Å²) in [6.45, 7) is 2.19. The van der Waals surface area contributed by atoms with Gasteiger partial charge in [-0.15, -0.1) is 13.2 Å². The van der Waals surface area contributed by atoms with Crippen LogP contribution in [0.15, 0.2) is 66.7 Å². The van der Waals surface area contributed by atoms with Crippen LogP contribution in [0.5, 0.6) is 5.75 Å². The van der Waals surface area contributed by atoms with Gasteiger partial charge in [0.2, 0.25) is 0 Å². The van der Waals surface area contributed by atoms with E-state index in [4.69, 9.17) is 0 Å². The van der Waals surface area contributed by atoms with Crippen LogP contribution in [0, 0.1) is 5.82 Å². The maximum absolute atomic E-state index is 14.1. The van der Waals surface area contributed by atoms with E-state index in [2.05, 4.69) is 35.9 Å². The van der Waals surface area contributed by atoms with E-state index in [1.54, 1.807) is 0 Å². The summed E-state index contributed by atoms with van der Waals surface area (Å²) in [6.07, 6.45) is -0.254. The van der Waals surface area contributed by atoms with Crippen LogP contribution in [-0.4, -0.2) is 6.36 Å². The molecule has 1 nitrogen and oxygen atoms in total. The molecule has 4 aromatic carbocycles. The van der Waals surface area contributed by atoms with Crippen molar-refractivity contribution in [3.8, 4) is 16.9 Å². The van der Waals surface area contributed by atoms with Crippen LogP contribution >= 0.6 is 0 Å². The molecule has 0 radical (unpaired) electrons. The minimum absolute atomic E-state index is 0.486. The van der Waals surface area contributed by atoms with Crippen molar-refractivity contribution in [3.63, 3.8) is 0 Å². The van der Waals surface area contributed by atoms with Gasteiger partial charge >= 0.3 is 6.36 Å². The van der Waals surface area contributed by atoms with Gasteiger partial charge in [-0.1, -0.05) is 68.3 Å². The van der Waals surface area contributed by atoms with E-state index in [0.29, 0.717) is 5.56 Å². The molecular weight excluding hydrogens is 404 g/mol. The van der Waals surface area contributed by atoms with E-state index in [9.17, 15) is 17.6 Å². The van der Waals surface area contributed by atoms with Crippen LogP contribution in [0.25, 0.3) is 32.7 Å². The van der Waals surface area contributed by atoms with Crippen molar-refractivity contribution in [1.29, 1.82) is 0 Å². The molecule has 0 aliphatic rings. The van der Waals surface area contributed by atoms with Gasteiger partial charge in [0.25, 0.3) is 0 Å². The standard InChI is InChI=1S/C26H22F4O/c1-2-3-4-5-17-6-11-22-20(14-17)7-8-21-15-18(9-12-23(21)22)19-10-13-25(24(27)16-19)31-26(28,29)30/h6-16H,2-5H2,1H3. The third-order valence-electron chi connectivity index (χ3n) is 5.46. The largest absolute Gasteiger partial charge is 0.573 e. The normalized spacial score (nSPS) is 11.9. The molecule has 5 heteroatoms. The Morgan fingerprint density at radius 1 is 0.742 bits per heavy atom. The van der Waals surface area contributed by atoms with Gasteiger partial charge in [0, 0.05) is 0 Å². The Kier molecular flexibility index (Phi) is 5.86. The van der Waals surface area contributed by atoms with Crippen LogP contribution in [-0.2, 0) is 6.42 Å². The summed E-state index contributed by atoms with van der Waals surface area (Å²) >= 11 is 0. The highest BCUT2D eigenvalue weighted by Crippen LogP contribution is 2.33. The SMILES string of the molecule is CCCCCc1ccc2c(ccc3cc(-c4ccc(OC(F)(F)F)c(F)c4)ccc32)c1. The third kappa shape index (κ3) is 4.82. The van der Waals surface area contributed by atoms with Crippen LogP contribution < -0.4 is 4.74 Å². The number of benzene rings is 4. The predicted molar refractivity (Wildman–Crippen MR) is 117 cm³/mol. The first-order valence-corrected chi connectivity index (χ1v) is 10.3. The number of halogens is 4. The van der Waals surface area contributed by atoms with Gasteiger partial charge < -0.3 is 4.74 Å². The molecule has 0 aliphatic heterocycles. The molecule has 0 spiro atoms. The number of hydrogen-bond acceptors (Lipinski definition) is 1. The summed E-state index contributed by atoms with van der Waals surface area (Å²) in [5.74, 6) is -1.89. The van der Waals surface area contributed by atoms with Gasteiger partial charge in [0.15, 0.2) is 11.6 Å². The second kappa shape index (κ2) is 8.58. The summed E-state index contributed by atoms with van der Waals surface area (Å²) in [5.41, 5.74) is 2.54. The third-order valence-corrected chi connectivity index (χ3v) is 5.46. The number of hydrogen-bond donors (Lipinski definition) is 0. The van der Waals surface area contributed by atoms with Gasteiger partial charge in [-0.05, 0) is 69.3 Å². The summed E-state index contributed by atoms with van der Waals surface area (Å²) in [4.78, 5) is 0. The van der Waals surface area contributed by atoms with E-state index in [0.717, 1.165) is 40.3 Å². The Hall–Kier alpha value is -3.08. The minimum Gasteiger partial charge on any atom is -0.403 e. The molecular formula is C26H22F4O. The number of rotatable bonds is 6. The topological polar surface area (TPSA) is 9.23 Å². The van der Waals surface area contributed by atoms with E-state index >= 15 is 0 Å². The summed E-state index contributed by atoms with van der Waals surface area (Å²) in [6, 6.07) is 19.9. The average molecular weight is 426 g/mol. The van der Waals surface area contributed by atoms with Gasteiger partial charge in [-0.3, -0.25) is 0 Å². The molecule has 0 saturated heterocycles. The number of ether oxygens (including phenoxy) is 1. The fourth-order valence-corrected chi connectivity index (χ4v) is 3.92. The monoisotopic (exact) mass is 426 g/mol. The second-order valence-electron chi connectivity index (χ2n) is 7.71. The van der Waals surface area contributed by atoms with E-state index in [-0.39, 0.29) is 0 Å². The maximum Gasteiger partial charge on any atom is 0.573 e. The zero-order valence-electron chi connectivity index (χ0n) is 17.1. The van der Waals surface area contributed by atoms with Gasteiger partial charge in [0.1, 0.15) is 0 Å². The van der Waals surface area contributed by atoms with Crippen molar-refractivity contribution in [3.05, 3.63) is 78.1 Å². The molecule has 0 atom stereocenters. The lowest BCUT2D eigenvalue weighted by Gasteiger charge is -2.12. The number of unbranched alkanes of at least 4 members (excludes halogenated alkanes) is 2. The zero-order chi connectivity index (χ0) is 22.0. The first-order valence-electron chi connectivity index (χ1n) is 10.3. The molecule has 4 rings (SSSR count). The molecule has 0 aromatic heterocycles. The van der Waals surface area contributed by atoms with Crippen LogP contribution in [0.3, 0.4) is 0 Å². The van der Waals surface area contributed by atoms with Crippen molar-refractivity contribution in [2.45, 2.75) is 39.0 Å². The van der Waals surface area contributed by atoms with Gasteiger partial charge in [-0.2, -0.15) is 0 Å². The lowest BCUT2D eigenvalue weighted by Crippen LogP contribution is -2.17. The van der Waals surface area contributed by atoms with Crippen molar-refractivity contribution < 1.29 is 22.3 Å². The summed E-state index contributed by atoms with van der Waals surface area (Å²) in [7, 11) is 0. The fourth-order valence-electron chi connectivity index (χ4n) is 3.92. The Bertz CT molecular complexity index is 1230. The Balaban J connectivity index is 1.66. The molecule has 0 N–H and O–H groups in total. The molecule has 4 aromatic rings. The Labute approximate surface area is 178 Å². The van der Waals surface area contributed by atoms with Crippen LogP contribution in [0.2, 0.25) is 0 Å². The highest BCUT2D eigenvalue weighted by molar-refractivity contribution is 6.08. The second-order valence-corrected chi connectivity index (χ2v) is 7.71. The maximum atomic E-state index is 14.1. The van der Waals surface area contributed by atoms with Crippen molar-refractivity contribution in [1.82, 2.24) is 0 Å². The van der Waals surface area contributed by atoms with Crippen molar-refractivity contribution in [2.75, 3.05) is 0 Å². The smallest absolute Gasteiger partial charge is 0.403 e. The van der Waals surface area contributed by atoms with Crippen LogP contribution in [0.1, 0.15) is 31.7 Å². The molecule has 0 bridgehead atoms. The molecule has 0 amide bonds. The van der Waals surface area contributed by atoms with Crippen molar-refractivity contribution in [2.24, 2.45) is 0 Å².